The molecule has 0 aromatic heterocycles. The van der Waals surface area contributed by atoms with E-state index >= 15 is 0 Å². The molecule has 8 nitrogen and oxygen atoms in total. The van der Waals surface area contributed by atoms with Gasteiger partial charge in [-0.05, 0) is 64.2 Å². The van der Waals surface area contributed by atoms with Gasteiger partial charge in [-0.25, -0.2) is 4.57 Å². The first-order valence-corrected chi connectivity index (χ1v) is 24.0. The van der Waals surface area contributed by atoms with Crippen LogP contribution in [0.5, 0.6) is 0 Å². The molecule has 0 bridgehead atoms. The highest BCUT2D eigenvalue weighted by molar-refractivity contribution is 7.47. The zero-order valence-corrected chi connectivity index (χ0v) is 36.1. The Hall–Kier alpha value is -1.28. The van der Waals surface area contributed by atoms with E-state index in [1.807, 2.05) is 0 Å². The lowest BCUT2D eigenvalue weighted by Gasteiger charge is -2.20. The Morgan fingerprint density at radius 2 is 1.02 bits per heavy atom. The van der Waals surface area contributed by atoms with Gasteiger partial charge in [0.1, 0.15) is 6.10 Å². The number of hydrogen-bond donors (Lipinski definition) is 2. The maximum atomic E-state index is 12.6. The Bertz CT molecular complexity index is 926. The van der Waals surface area contributed by atoms with Crippen molar-refractivity contribution in [1.29, 1.82) is 0 Å². The lowest BCUT2D eigenvalue weighted by molar-refractivity contribution is -0.154. The van der Waals surface area contributed by atoms with E-state index < -0.39 is 13.9 Å². The second-order valence-electron chi connectivity index (χ2n) is 14.9. The quantitative estimate of drug-likeness (QED) is 0.0272. The van der Waals surface area contributed by atoms with Crippen molar-refractivity contribution in [3.05, 3.63) is 36.5 Å². The van der Waals surface area contributed by atoms with Crippen LogP contribution >= 0.6 is 7.82 Å². The van der Waals surface area contributed by atoms with Crippen molar-refractivity contribution in [3.8, 4) is 0 Å². The predicted molar refractivity (Wildman–Crippen MR) is 229 cm³/mol. The monoisotopic (exact) mass is 784 g/mol. The van der Waals surface area contributed by atoms with Gasteiger partial charge in [0.2, 0.25) is 0 Å². The summed E-state index contributed by atoms with van der Waals surface area (Å²) < 4.78 is 33.4. The summed E-state index contributed by atoms with van der Waals surface area (Å²) in [6.45, 7) is 4.85. The number of phosphoric acid groups is 1. The van der Waals surface area contributed by atoms with Crippen molar-refractivity contribution in [1.82, 2.24) is 0 Å². The van der Waals surface area contributed by atoms with Crippen LogP contribution in [-0.2, 0) is 27.9 Å². The molecule has 0 aliphatic carbocycles. The van der Waals surface area contributed by atoms with Gasteiger partial charge in [-0.3, -0.25) is 13.8 Å². The summed E-state index contributed by atoms with van der Waals surface area (Å²) >= 11 is 0. The topological polar surface area (TPSA) is 117 Å². The molecule has 0 heterocycles. The van der Waals surface area contributed by atoms with E-state index in [0.717, 1.165) is 57.8 Å². The number of unbranched alkanes of at least 4 members (excludes halogenated alkanes) is 24. The normalized spacial score (nSPS) is 13.8. The number of nitrogens with two attached hydrogens (primary N) is 1. The van der Waals surface area contributed by atoms with Gasteiger partial charge >= 0.3 is 13.8 Å². The smallest absolute Gasteiger partial charge is 0.457 e. The highest BCUT2D eigenvalue weighted by Crippen LogP contribution is 2.43. The number of phosphoric ester groups is 1. The fourth-order valence-corrected chi connectivity index (χ4v) is 6.97. The largest absolute Gasteiger partial charge is 0.472 e. The van der Waals surface area contributed by atoms with Crippen LogP contribution in [-0.4, -0.2) is 49.9 Å². The van der Waals surface area contributed by atoms with Gasteiger partial charge < -0.3 is 20.1 Å². The second kappa shape index (κ2) is 42.9. The third kappa shape index (κ3) is 41.9. The molecule has 0 saturated carbocycles. The number of hydrogen-bond acceptors (Lipinski definition) is 7. The molecule has 0 rings (SSSR count). The first-order chi connectivity index (χ1) is 26.4. The van der Waals surface area contributed by atoms with Gasteiger partial charge in [-0.1, -0.05) is 172 Å². The van der Waals surface area contributed by atoms with E-state index in [1.54, 1.807) is 0 Å². The summed E-state index contributed by atoms with van der Waals surface area (Å²) in [6, 6.07) is 0. The van der Waals surface area contributed by atoms with E-state index in [9.17, 15) is 14.3 Å². The fourth-order valence-electron chi connectivity index (χ4n) is 6.21. The van der Waals surface area contributed by atoms with Crippen LogP contribution < -0.4 is 5.73 Å². The maximum Gasteiger partial charge on any atom is 0.472 e. The second-order valence-corrected chi connectivity index (χ2v) is 16.4. The molecular weight excluding hydrogens is 697 g/mol. The molecule has 0 amide bonds. The van der Waals surface area contributed by atoms with Crippen molar-refractivity contribution in [3.63, 3.8) is 0 Å². The molecule has 0 aliphatic rings. The minimum absolute atomic E-state index is 0.0980. The van der Waals surface area contributed by atoms with Crippen molar-refractivity contribution >= 4 is 13.8 Å². The first-order valence-electron chi connectivity index (χ1n) is 22.5. The zero-order chi connectivity index (χ0) is 39.5. The van der Waals surface area contributed by atoms with E-state index in [0.29, 0.717) is 13.0 Å². The van der Waals surface area contributed by atoms with E-state index in [2.05, 4.69) is 50.3 Å². The summed E-state index contributed by atoms with van der Waals surface area (Å²) in [7, 11) is -4.28. The highest BCUT2D eigenvalue weighted by atomic mass is 31.2. The minimum Gasteiger partial charge on any atom is -0.457 e. The van der Waals surface area contributed by atoms with Crippen LogP contribution in [0.3, 0.4) is 0 Å². The molecular formula is C45H86NO7P. The molecule has 3 N–H and O–H groups in total. The minimum atomic E-state index is -4.28. The average Bonchev–Trinajstić information content (AvgIpc) is 3.16. The Morgan fingerprint density at radius 1 is 0.556 bits per heavy atom. The third-order valence-corrected chi connectivity index (χ3v) is 10.5. The lowest BCUT2D eigenvalue weighted by atomic mass is 10.1. The molecule has 2 unspecified atom stereocenters. The highest BCUT2D eigenvalue weighted by Gasteiger charge is 2.25. The third-order valence-electron chi connectivity index (χ3n) is 9.51. The van der Waals surface area contributed by atoms with Crippen LogP contribution in [0.4, 0.5) is 0 Å². The van der Waals surface area contributed by atoms with Crippen LogP contribution in [0, 0.1) is 0 Å². The number of esters is 1. The van der Waals surface area contributed by atoms with Gasteiger partial charge in [0.25, 0.3) is 0 Å². The van der Waals surface area contributed by atoms with E-state index in [-0.39, 0.29) is 32.3 Å². The number of carbonyl (C=O) groups is 1. The Kier molecular flexibility index (Phi) is 41.8. The molecule has 54 heavy (non-hydrogen) atoms. The summed E-state index contributed by atoms with van der Waals surface area (Å²) in [4.78, 5) is 22.5. The summed E-state index contributed by atoms with van der Waals surface area (Å²) in [5.41, 5.74) is 5.37. The number of rotatable bonds is 43. The standard InChI is InChI=1S/C45H86NO7P/c1-3-5-7-9-11-13-15-17-19-20-21-22-23-24-25-26-28-30-32-34-36-38-45(47)53-44(43-52-54(48,49)51-41-39-46)42-50-40-37-35-33-31-29-27-18-16-14-12-10-8-6-4-2/h8,10,14,16,20-21,44H,3-7,9,11-13,15,17-19,22-43,46H2,1-2H3,(H,48,49)/b10-8-,16-14-,21-20-. The van der Waals surface area contributed by atoms with Gasteiger partial charge in [0.15, 0.2) is 0 Å². The summed E-state index contributed by atoms with van der Waals surface area (Å²) in [5, 5.41) is 0. The lowest BCUT2D eigenvalue weighted by Crippen LogP contribution is -2.28. The van der Waals surface area contributed by atoms with Crippen LogP contribution in [0.2, 0.25) is 0 Å². The Labute approximate surface area is 333 Å². The first kappa shape index (κ1) is 52.7. The zero-order valence-electron chi connectivity index (χ0n) is 35.2. The number of ether oxygens (including phenoxy) is 2. The van der Waals surface area contributed by atoms with Crippen molar-refractivity contribution in [2.75, 3.05) is 33.0 Å². The number of allylic oxidation sites excluding steroid dienone is 6. The maximum absolute atomic E-state index is 12.6. The molecule has 318 valence electrons. The van der Waals surface area contributed by atoms with Gasteiger partial charge in [-0.2, -0.15) is 0 Å². The SMILES string of the molecule is CCC/C=C\C/C=C\CCCCCCCCOCC(COP(=O)(O)OCCN)OC(=O)CCCCCCCCCCC/C=C\CCCCCCCCCC. The van der Waals surface area contributed by atoms with Gasteiger partial charge in [0.05, 0.1) is 19.8 Å². The number of carbonyl (C=O) groups excluding carboxylic acids is 1. The molecule has 0 radical (unpaired) electrons. The van der Waals surface area contributed by atoms with Crippen LogP contribution in [0.25, 0.3) is 0 Å². The van der Waals surface area contributed by atoms with E-state index in [4.69, 9.17) is 24.3 Å². The van der Waals surface area contributed by atoms with Gasteiger partial charge in [-0.15, -0.1) is 0 Å². The Balaban J connectivity index is 3.99. The molecule has 0 aromatic carbocycles. The van der Waals surface area contributed by atoms with Crippen LogP contribution in [0.15, 0.2) is 36.5 Å². The van der Waals surface area contributed by atoms with Crippen molar-refractivity contribution in [2.24, 2.45) is 5.73 Å². The van der Waals surface area contributed by atoms with Crippen molar-refractivity contribution < 1.29 is 32.8 Å². The molecule has 0 aliphatic heterocycles. The molecule has 0 spiro atoms. The fraction of sp³-hybridized carbons (Fsp3) is 0.844. The van der Waals surface area contributed by atoms with E-state index in [1.165, 1.54) is 128 Å². The molecule has 0 aromatic rings. The molecule has 9 heteroatoms. The summed E-state index contributed by atoms with van der Waals surface area (Å²) in [6.07, 6.45) is 48.8. The molecule has 0 saturated heterocycles. The van der Waals surface area contributed by atoms with Crippen molar-refractivity contribution in [2.45, 2.75) is 213 Å². The van der Waals surface area contributed by atoms with Crippen LogP contribution in [0.1, 0.15) is 206 Å². The molecule has 2 atom stereocenters. The van der Waals surface area contributed by atoms with Gasteiger partial charge in [0, 0.05) is 19.6 Å². The predicted octanol–water partition coefficient (Wildman–Crippen LogP) is 13.4. The molecule has 0 fully saturated rings. The average molecular weight is 784 g/mol. The summed E-state index contributed by atoms with van der Waals surface area (Å²) in [5.74, 6) is -0.336. The Morgan fingerprint density at radius 3 is 1.54 bits per heavy atom.